The Balaban J connectivity index is 3.39. The minimum Gasteiger partial charge on any atom is -0.478 e. The number of alkyl halides is 1. The Morgan fingerprint density at radius 3 is 2.67 bits per heavy atom. The first-order chi connectivity index (χ1) is 8.47. The Kier molecular flexibility index (Phi) is 4.64. The second-order valence-corrected chi connectivity index (χ2v) is 4.00. The molecule has 0 radical (unpaired) electrons. The van der Waals surface area contributed by atoms with Gasteiger partial charge in [-0.25, -0.2) is 4.79 Å². The van der Waals surface area contributed by atoms with Crippen LogP contribution in [0.5, 0.6) is 0 Å². The summed E-state index contributed by atoms with van der Waals surface area (Å²) >= 11 is 5.96. The minimum atomic E-state index is -1.11. The van der Waals surface area contributed by atoms with Crippen LogP contribution in [0.15, 0.2) is 24.3 Å². The third-order valence-corrected chi connectivity index (χ3v) is 2.80. The highest BCUT2D eigenvalue weighted by molar-refractivity contribution is 6.31. The number of aliphatic carboxylic acids is 1. The Morgan fingerprint density at radius 1 is 1.50 bits per heavy atom. The van der Waals surface area contributed by atoms with Gasteiger partial charge >= 0.3 is 5.97 Å². The van der Waals surface area contributed by atoms with Crippen molar-refractivity contribution in [1.82, 2.24) is 0 Å². The van der Waals surface area contributed by atoms with Crippen molar-refractivity contribution in [3.05, 3.63) is 41.0 Å². The van der Waals surface area contributed by atoms with Gasteiger partial charge in [-0.1, -0.05) is 12.1 Å². The molecule has 0 bridgehead atoms. The smallest absolute Gasteiger partial charge is 0.328 e. The monoisotopic (exact) mass is 263 g/mol. The number of Topliss-reactive ketones (excluding diaryl/α,β-unsaturated/α-hetero) is 1. The number of rotatable bonds is 4. The first-order valence-electron chi connectivity index (χ1n) is 5.06. The fourth-order valence-electron chi connectivity index (χ4n) is 1.47. The number of hydrogen-bond donors (Lipinski definition) is 1. The predicted octanol–water partition coefficient (Wildman–Crippen LogP) is 2.52. The maximum Gasteiger partial charge on any atom is 0.328 e. The van der Waals surface area contributed by atoms with E-state index >= 15 is 0 Å². The van der Waals surface area contributed by atoms with E-state index in [-0.39, 0.29) is 11.3 Å². The average molecular weight is 264 g/mol. The number of hydrogen-bond acceptors (Lipinski definition) is 3. The second kappa shape index (κ2) is 5.99. The highest BCUT2D eigenvalue weighted by Gasteiger charge is 2.19. The molecule has 0 heterocycles. The SMILES string of the molecule is CC(=O)C(Cl)c1c(C#N)cccc1C=CC(=O)O. The van der Waals surface area contributed by atoms with Gasteiger partial charge in [-0.05, 0) is 24.6 Å². The Hall–Kier alpha value is -2.12. The quantitative estimate of drug-likeness (QED) is 0.669. The van der Waals surface area contributed by atoms with E-state index in [2.05, 4.69) is 0 Å². The Morgan fingerprint density at radius 2 is 2.17 bits per heavy atom. The molecular formula is C13H10ClNO3. The van der Waals surface area contributed by atoms with E-state index in [0.717, 1.165) is 6.08 Å². The summed E-state index contributed by atoms with van der Waals surface area (Å²) in [6.45, 7) is 1.32. The molecule has 0 aliphatic carbocycles. The van der Waals surface area contributed by atoms with Crippen LogP contribution in [0, 0.1) is 11.3 Å². The summed E-state index contributed by atoms with van der Waals surface area (Å²) in [6, 6.07) is 6.68. The molecule has 0 aromatic heterocycles. The van der Waals surface area contributed by atoms with E-state index in [4.69, 9.17) is 22.0 Å². The van der Waals surface area contributed by atoms with Gasteiger partial charge in [0.25, 0.3) is 0 Å². The van der Waals surface area contributed by atoms with E-state index < -0.39 is 11.3 Å². The molecule has 1 N–H and O–H groups in total. The van der Waals surface area contributed by atoms with Crippen LogP contribution in [0.2, 0.25) is 0 Å². The molecule has 0 amide bonds. The lowest BCUT2D eigenvalue weighted by molar-refractivity contribution is -0.131. The number of nitrogens with zero attached hydrogens (tertiary/aromatic N) is 1. The van der Waals surface area contributed by atoms with Gasteiger partial charge in [0.15, 0.2) is 5.78 Å². The molecule has 1 rings (SSSR count). The van der Waals surface area contributed by atoms with Crippen molar-refractivity contribution in [3.8, 4) is 6.07 Å². The molecule has 0 aliphatic heterocycles. The van der Waals surface area contributed by atoms with E-state index in [9.17, 15) is 9.59 Å². The summed E-state index contributed by atoms with van der Waals surface area (Å²) in [5.74, 6) is -1.42. The minimum absolute atomic E-state index is 0.262. The average Bonchev–Trinajstić information content (AvgIpc) is 2.34. The van der Waals surface area contributed by atoms with Crippen LogP contribution in [0.1, 0.15) is 29.0 Å². The molecule has 0 saturated carbocycles. The van der Waals surface area contributed by atoms with E-state index in [1.165, 1.54) is 19.1 Å². The normalized spacial score (nSPS) is 12.1. The van der Waals surface area contributed by atoms with Crippen molar-refractivity contribution in [2.75, 3.05) is 0 Å². The van der Waals surface area contributed by atoms with Crippen LogP contribution in [0.4, 0.5) is 0 Å². The van der Waals surface area contributed by atoms with Crippen molar-refractivity contribution in [1.29, 1.82) is 5.26 Å². The molecule has 92 valence electrons. The zero-order valence-corrected chi connectivity index (χ0v) is 10.3. The van der Waals surface area contributed by atoms with E-state index in [1.54, 1.807) is 12.1 Å². The highest BCUT2D eigenvalue weighted by Crippen LogP contribution is 2.29. The van der Waals surface area contributed by atoms with Crippen LogP contribution in [0.3, 0.4) is 0 Å². The maximum atomic E-state index is 11.3. The first kappa shape index (κ1) is 13.9. The topological polar surface area (TPSA) is 78.2 Å². The molecular weight excluding hydrogens is 254 g/mol. The van der Waals surface area contributed by atoms with Crippen LogP contribution in [0.25, 0.3) is 6.08 Å². The lowest BCUT2D eigenvalue weighted by atomic mass is 9.96. The number of halogens is 1. The second-order valence-electron chi connectivity index (χ2n) is 3.57. The fraction of sp³-hybridized carbons (Fsp3) is 0.154. The largest absolute Gasteiger partial charge is 0.478 e. The third kappa shape index (κ3) is 3.19. The molecule has 0 fully saturated rings. The third-order valence-electron chi connectivity index (χ3n) is 2.28. The number of nitriles is 1. The van der Waals surface area contributed by atoms with Crippen molar-refractivity contribution in [2.45, 2.75) is 12.3 Å². The van der Waals surface area contributed by atoms with Gasteiger partial charge in [0.05, 0.1) is 11.6 Å². The number of carboxylic acids is 1. The number of ketones is 1. The molecule has 4 nitrogen and oxygen atoms in total. The summed E-state index contributed by atoms with van der Waals surface area (Å²) in [5, 5.41) is 16.6. The van der Waals surface area contributed by atoms with Gasteiger partial charge in [-0.2, -0.15) is 5.26 Å². The Labute approximate surface area is 109 Å². The molecule has 0 saturated heterocycles. The van der Waals surface area contributed by atoms with Crippen molar-refractivity contribution in [2.24, 2.45) is 0 Å². The first-order valence-corrected chi connectivity index (χ1v) is 5.49. The molecule has 1 aromatic rings. The zero-order chi connectivity index (χ0) is 13.7. The van der Waals surface area contributed by atoms with Gasteiger partial charge in [-0.15, -0.1) is 11.6 Å². The number of carbonyl (C=O) groups is 2. The standard InChI is InChI=1S/C13H10ClNO3/c1-8(16)13(14)12-9(5-6-11(17)18)3-2-4-10(12)7-15/h2-6,13H,1H3,(H,17,18). The lowest BCUT2D eigenvalue weighted by Crippen LogP contribution is -2.06. The van der Waals surface area contributed by atoms with Gasteiger partial charge in [-0.3, -0.25) is 4.79 Å². The number of benzene rings is 1. The molecule has 1 unspecified atom stereocenters. The van der Waals surface area contributed by atoms with E-state index in [1.807, 2.05) is 6.07 Å². The number of carbonyl (C=O) groups excluding carboxylic acids is 1. The lowest BCUT2D eigenvalue weighted by Gasteiger charge is -2.11. The molecule has 0 aliphatic rings. The van der Waals surface area contributed by atoms with Crippen LogP contribution >= 0.6 is 11.6 Å². The summed E-state index contributed by atoms with van der Waals surface area (Å²) in [7, 11) is 0. The van der Waals surface area contributed by atoms with Crippen LogP contribution in [-0.2, 0) is 9.59 Å². The summed E-state index contributed by atoms with van der Waals surface area (Å²) in [6.07, 6.45) is 2.25. The molecule has 18 heavy (non-hydrogen) atoms. The van der Waals surface area contributed by atoms with Crippen molar-refractivity contribution < 1.29 is 14.7 Å². The summed E-state index contributed by atoms with van der Waals surface area (Å²) in [5.41, 5.74) is 1.05. The van der Waals surface area contributed by atoms with Crippen LogP contribution < -0.4 is 0 Å². The zero-order valence-electron chi connectivity index (χ0n) is 9.55. The molecule has 5 heteroatoms. The van der Waals surface area contributed by atoms with Gasteiger partial charge < -0.3 is 5.11 Å². The van der Waals surface area contributed by atoms with Crippen molar-refractivity contribution in [3.63, 3.8) is 0 Å². The van der Waals surface area contributed by atoms with Crippen molar-refractivity contribution >= 4 is 29.4 Å². The highest BCUT2D eigenvalue weighted by atomic mass is 35.5. The van der Waals surface area contributed by atoms with Gasteiger partial charge in [0.1, 0.15) is 5.38 Å². The predicted molar refractivity (Wildman–Crippen MR) is 67.1 cm³/mol. The van der Waals surface area contributed by atoms with Gasteiger partial charge in [0.2, 0.25) is 0 Å². The van der Waals surface area contributed by atoms with Gasteiger partial charge in [0, 0.05) is 11.6 Å². The molecule has 0 spiro atoms. The molecule has 1 atom stereocenters. The number of carboxylic acid groups (broad SMARTS) is 1. The van der Waals surface area contributed by atoms with Crippen LogP contribution in [-0.4, -0.2) is 16.9 Å². The molecule has 1 aromatic carbocycles. The van der Waals surface area contributed by atoms with E-state index in [0.29, 0.717) is 11.1 Å². The Bertz CT molecular complexity index is 558. The summed E-state index contributed by atoms with van der Waals surface area (Å²) in [4.78, 5) is 21.8. The maximum absolute atomic E-state index is 11.3. The summed E-state index contributed by atoms with van der Waals surface area (Å²) < 4.78 is 0. The fourth-order valence-corrected chi connectivity index (χ4v) is 1.72.